The van der Waals surface area contributed by atoms with Gasteiger partial charge in [0, 0.05) is 12.8 Å². The largest absolute Gasteiger partial charge is 0.391 e. The Morgan fingerprint density at radius 2 is 1.11 bits per heavy atom. The van der Waals surface area contributed by atoms with Gasteiger partial charge in [-0.3, -0.25) is 9.59 Å². The number of nitrogens with two attached hydrogens (primary N) is 4. The minimum absolute atomic E-state index is 0.0298. The first-order valence-corrected chi connectivity index (χ1v) is 5.57. The molecule has 0 rings (SSSR count). The van der Waals surface area contributed by atoms with Gasteiger partial charge in [0.2, 0.25) is 11.8 Å². The van der Waals surface area contributed by atoms with Gasteiger partial charge in [0.15, 0.2) is 0 Å². The van der Waals surface area contributed by atoms with E-state index in [0.29, 0.717) is 0 Å². The third kappa shape index (κ3) is 7.84. The molecule has 0 saturated heterocycles. The van der Waals surface area contributed by atoms with Gasteiger partial charge in [0.25, 0.3) is 0 Å². The second kappa shape index (κ2) is 8.16. The first-order chi connectivity index (χ1) is 8.73. The van der Waals surface area contributed by atoms with Crippen molar-refractivity contribution in [3.8, 4) is 0 Å². The summed E-state index contributed by atoms with van der Waals surface area (Å²) in [5, 5.41) is 0. The first kappa shape index (κ1) is 17.0. The van der Waals surface area contributed by atoms with Gasteiger partial charge >= 0.3 is 11.9 Å². The number of carbonyl (C=O) groups is 4. The van der Waals surface area contributed by atoms with Crippen molar-refractivity contribution >= 4 is 23.8 Å². The molecule has 9 heteroatoms. The van der Waals surface area contributed by atoms with Crippen LogP contribution in [-0.4, -0.2) is 35.8 Å². The Hall–Kier alpha value is -2.00. The standard InChI is InChI=1S/C10H18N4O5/c11-5(1-3-7(13)15)9(17)19-10(18)6(12)2-4-8(14)16/h5-6H,1-4,11-12H2,(H2,13,15)(H2,14,16)/t5-,6-/m0/s1. The molecule has 0 unspecified atom stereocenters. The maximum Gasteiger partial charge on any atom is 0.330 e. The Balaban J connectivity index is 4.12. The predicted octanol–water partition coefficient (Wildman–Crippen LogP) is -2.76. The van der Waals surface area contributed by atoms with Gasteiger partial charge in [-0.05, 0) is 12.8 Å². The molecule has 0 aliphatic heterocycles. The summed E-state index contributed by atoms with van der Waals surface area (Å²) in [6.07, 6.45) is -0.258. The molecule has 2 amide bonds. The Kier molecular flexibility index (Phi) is 7.30. The Morgan fingerprint density at radius 3 is 1.37 bits per heavy atom. The molecule has 0 spiro atoms. The number of rotatable bonds is 8. The molecule has 19 heavy (non-hydrogen) atoms. The fourth-order valence-corrected chi connectivity index (χ4v) is 1.08. The zero-order valence-electron chi connectivity index (χ0n) is 10.3. The summed E-state index contributed by atoms with van der Waals surface area (Å²) in [6, 6.07) is -2.28. The first-order valence-electron chi connectivity index (χ1n) is 5.57. The quantitative estimate of drug-likeness (QED) is 0.273. The number of hydrogen-bond acceptors (Lipinski definition) is 7. The summed E-state index contributed by atoms with van der Waals surface area (Å²) in [4.78, 5) is 43.7. The number of esters is 2. The van der Waals surface area contributed by atoms with Crippen molar-refractivity contribution in [1.82, 2.24) is 0 Å². The Labute approximate surface area is 109 Å². The van der Waals surface area contributed by atoms with Gasteiger partial charge in [0.1, 0.15) is 12.1 Å². The summed E-state index contributed by atoms with van der Waals surface area (Å²) in [6.45, 7) is 0. The normalized spacial score (nSPS) is 13.4. The van der Waals surface area contributed by atoms with E-state index in [4.69, 9.17) is 22.9 Å². The van der Waals surface area contributed by atoms with E-state index in [1.807, 2.05) is 0 Å². The SMILES string of the molecule is NC(=O)CC[C@H](N)C(=O)OC(=O)[C@@H](N)CCC(N)=O. The van der Waals surface area contributed by atoms with Crippen LogP contribution in [0, 0.1) is 0 Å². The van der Waals surface area contributed by atoms with E-state index >= 15 is 0 Å². The van der Waals surface area contributed by atoms with Crippen LogP contribution in [0.2, 0.25) is 0 Å². The van der Waals surface area contributed by atoms with E-state index in [-0.39, 0.29) is 25.7 Å². The van der Waals surface area contributed by atoms with Crippen LogP contribution in [0.25, 0.3) is 0 Å². The molecular weight excluding hydrogens is 256 g/mol. The fraction of sp³-hybridized carbons (Fsp3) is 0.600. The molecule has 0 heterocycles. The molecule has 0 saturated carbocycles. The molecule has 0 aromatic heterocycles. The van der Waals surface area contributed by atoms with Crippen molar-refractivity contribution in [3.05, 3.63) is 0 Å². The smallest absolute Gasteiger partial charge is 0.330 e. The molecule has 0 aromatic carbocycles. The summed E-state index contributed by atoms with van der Waals surface area (Å²) >= 11 is 0. The van der Waals surface area contributed by atoms with Gasteiger partial charge in [-0.15, -0.1) is 0 Å². The van der Waals surface area contributed by atoms with E-state index in [1.54, 1.807) is 0 Å². The topological polar surface area (TPSA) is 182 Å². The Bertz CT molecular complexity index is 337. The molecule has 9 nitrogen and oxygen atoms in total. The lowest BCUT2D eigenvalue weighted by Gasteiger charge is -2.12. The maximum atomic E-state index is 11.3. The molecule has 0 aromatic rings. The number of amides is 2. The second-order valence-electron chi connectivity index (χ2n) is 3.96. The van der Waals surface area contributed by atoms with Crippen LogP contribution in [0.3, 0.4) is 0 Å². The fourth-order valence-electron chi connectivity index (χ4n) is 1.08. The van der Waals surface area contributed by atoms with Crippen LogP contribution in [-0.2, 0) is 23.9 Å². The molecule has 0 fully saturated rings. The van der Waals surface area contributed by atoms with Gasteiger partial charge in [0.05, 0.1) is 0 Å². The van der Waals surface area contributed by atoms with Gasteiger partial charge in [-0.25, -0.2) is 9.59 Å². The molecule has 0 aliphatic carbocycles. The van der Waals surface area contributed by atoms with Crippen LogP contribution in [0.15, 0.2) is 0 Å². The highest BCUT2D eigenvalue weighted by Gasteiger charge is 2.23. The minimum atomic E-state index is -1.14. The molecule has 0 radical (unpaired) electrons. The lowest BCUT2D eigenvalue weighted by atomic mass is 10.1. The minimum Gasteiger partial charge on any atom is -0.391 e. The van der Waals surface area contributed by atoms with Crippen molar-refractivity contribution in [2.75, 3.05) is 0 Å². The van der Waals surface area contributed by atoms with E-state index in [1.165, 1.54) is 0 Å². The monoisotopic (exact) mass is 274 g/mol. The zero-order chi connectivity index (χ0) is 15.0. The van der Waals surface area contributed by atoms with Crippen molar-refractivity contribution in [3.63, 3.8) is 0 Å². The lowest BCUT2D eigenvalue weighted by Crippen LogP contribution is -2.40. The highest BCUT2D eigenvalue weighted by atomic mass is 16.6. The third-order valence-electron chi connectivity index (χ3n) is 2.21. The van der Waals surface area contributed by atoms with Crippen LogP contribution >= 0.6 is 0 Å². The van der Waals surface area contributed by atoms with Crippen molar-refractivity contribution < 1.29 is 23.9 Å². The summed E-state index contributed by atoms with van der Waals surface area (Å²) in [5.74, 6) is -3.23. The zero-order valence-corrected chi connectivity index (χ0v) is 10.3. The molecule has 0 bridgehead atoms. The van der Waals surface area contributed by atoms with E-state index in [9.17, 15) is 19.2 Å². The van der Waals surface area contributed by atoms with E-state index in [2.05, 4.69) is 4.74 Å². The van der Waals surface area contributed by atoms with Gasteiger partial charge < -0.3 is 27.7 Å². The highest BCUT2D eigenvalue weighted by molar-refractivity contribution is 5.91. The van der Waals surface area contributed by atoms with Crippen LogP contribution in [0.1, 0.15) is 25.7 Å². The maximum absolute atomic E-state index is 11.3. The number of ether oxygens (including phenoxy) is 1. The lowest BCUT2D eigenvalue weighted by molar-refractivity contribution is -0.161. The molecule has 2 atom stereocenters. The predicted molar refractivity (Wildman–Crippen MR) is 63.9 cm³/mol. The number of primary amides is 2. The van der Waals surface area contributed by atoms with Crippen LogP contribution < -0.4 is 22.9 Å². The molecule has 0 aliphatic rings. The third-order valence-corrected chi connectivity index (χ3v) is 2.21. The summed E-state index contributed by atoms with van der Waals surface area (Å²) < 4.78 is 4.41. The molecule has 108 valence electrons. The van der Waals surface area contributed by atoms with E-state index in [0.717, 1.165) is 0 Å². The summed E-state index contributed by atoms with van der Waals surface area (Å²) in [5.41, 5.74) is 20.5. The molecule has 8 N–H and O–H groups in total. The van der Waals surface area contributed by atoms with Crippen molar-refractivity contribution in [2.24, 2.45) is 22.9 Å². The number of carbonyl (C=O) groups excluding carboxylic acids is 4. The van der Waals surface area contributed by atoms with E-state index < -0.39 is 35.8 Å². The number of hydrogen-bond donors (Lipinski definition) is 4. The molecular formula is C10H18N4O5. The Morgan fingerprint density at radius 1 is 0.789 bits per heavy atom. The van der Waals surface area contributed by atoms with Crippen molar-refractivity contribution in [2.45, 2.75) is 37.8 Å². The highest BCUT2D eigenvalue weighted by Crippen LogP contribution is 2.01. The van der Waals surface area contributed by atoms with Crippen molar-refractivity contribution in [1.29, 1.82) is 0 Å². The van der Waals surface area contributed by atoms with Crippen LogP contribution in [0.4, 0.5) is 0 Å². The van der Waals surface area contributed by atoms with Crippen LogP contribution in [0.5, 0.6) is 0 Å². The van der Waals surface area contributed by atoms with Gasteiger partial charge in [-0.2, -0.15) is 0 Å². The average molecular weight is 274 g/mol. The summed E-state index contributed by atoms with van der Waals surface area (Å²) in [7, 11) is 0. The van der Waals surface area contributed by atoms with Gasteiger partial charge in [-0.1, -0.05) is 0 Å². The average Bonchev–Trinajstić information content (AvgIpc) is 2.32. The second-order valence-corrected chi connectivity index (χ2v) is 3.96.